The Balaban J connectivity index is 2.67. The standard InChI is InChI=1S/C10H6ClN3O5/c1-5(15)9-10(16)19-12-13(9)6-2-3-7(11)8(4-6)14(17)18/h2-4H,1H3/p+1. The first-order chi connectivity index (χ1) is 8.91. The number of nitro groups is 1. The molecule has 0 spiro atoms. The molecule has 0 atom stereocenters. The minimum atomic E-state index is -0.856. The second kappa shape index (κ2) is 4.65. The summed E-state index contributed by atoms with van der Waals surface area (Å²) in [5.41, 5.74) is -1.28. The fourth-order valence-corrected chi connectivity index (χ4v) is 1.72. The van der Waals surface area contributed by atoms with Crippen molar-refractivity contribution in [2.45, 2.75) is 6.92 Å². The monoisotopic (exact) mass is 284 g/mol. The van der Waals surface area contributed by atoms with Crippen molar-refractivity contribution < 1.29 is 18.9 Å². The van der Waals surface area contributed by atoms with Crippen LogP contribution >= 0.6 is 11.6 Å². The quantitative estimate of drug-likeness (QED) is 0.391. The predicted molar refractivity (Wildman–Crippen MR) is 62.5 cm³/mol. The Hall–Kier alpha value is -2.48. The van der Waals surface area contributed by atoms with E-state index in [0.29, 0.717) is 0 Å². The predicted octanol–water partition coefficient (Wildman–Crippen LogP) is 1.01. The smallest absolute Gasteiger partial charge is 0.287 e. The molecule has 2 rings (SSSR count). The average Bonchev–Trinajstić information content (AvgIpc) is 2.71. The zero-order valence-corrected chi connectivity index (χ0v) is 10.3. The van der Waals surface area contributed by atoms with Crippen LogP contribution in [0.1, 0.15) is 17.4 Å². The van der Waals surface area contributed by atoms with E-state index in [2.05, 4.69) is 9.79 Å². The Morgan fingerprint density at radius 3 is 2.79 bits per heavy atom. The maximum Gasteiger partial charge on any atom is 0.438 e. The highest BCUT2D eigenvalue weighted by atomic mass is 35.5. The van der Waals surface area contributed by atoms with Crippen LogP contribution in [0.15, 0.2) is 27.5 Å². The van der Waals surface area contributed by atoms with E-state index >= 15 is 0 Å². The molecule has 2 aromatic rings. The highest BCUT2D eigenvalue weighted by Crippen LogP contribution is 2.24. The molecule has 0 fully saturated rings. The van der Waals surface area contributed by atoms with Crippen molar-refractivity contribution >= 4 is 23.1 Å². The van der Waals surface area contributed by atoms with E-state index in [1.807, 2.05) is 0 Å². The lowest BCUT2D eigenvalue weighted by Gasteiger charge is -1.95. The Labute approximate surface area is 110 Å². The highest BCUT2D eigenvalue weighted by Gasteiger charge is 2.29. The summed E-state index contributed by atoms with van der Waals surface area (Å²) in [7, 11) is 0. The second-order valence-electron chi connectivity index (χ2n) is 3.61. The number of nitrogens with one attached hydrogen (secondary N) is 1. The number of halogens is 1. The Kier molecular flexibility index (Phi) is 3.17. The first kappa shape index (κ1) is 13.0. The molecule has 1 aromatic heterocycles. The van der Waals surface area contributed by atoms with Crippen molar-refractivity contribution in [2.75, 3.05) is 0 Å². The summed E-state index contributed by atoms with van der Waals surface area (Å²) in [6.45, 7) is 1.18. The number of Topliss-reactive ketones (excluding diaryl/α,β-unsaturated/α-hetero) is 1. The molecule has 0 unspecified atom stereocenters. The molecule has 0 bridgehead atoms. The molecule has 8 nitrogen and oxygen atoms in total. The van der Waals surface area contributed by atoms with Gasteiger partial charge in [-0.2, -0.15) is 0 Å². The van der Waals surface area contributed by atoms with E-state index in [1.54, 1.807) is 0 Å². The molecule has 1 aromatic carbocycles. The molecule has 0 saturated heterocycles. The summed E-state index contributed by atoms with van der Waals surface area (Å²) >= 11 is 5.67. The Morgan fingerprint density at radius 1 is 1.53 bits per heavy atom. The number of aromatic amines is 1. The maximum absolute atomic E-state index is 11.3. The molecule has 98 valence electrons. The van der Waals surface area contributed by atoms with E-state index < -0.39 is 16.3 Å². The first-order valence-corrected chi connectivity index (χ1v) is 5.38. The molecule has 0 radical (unpaired) electrons. The summed E-state index contributed by atoms with van der Waals surface area (Å²) in [5.74, 6) is -0.535. The van der Waals surface area contributed by atoms with Gasteiger partial charge in [0.15, 0.2) is 0 Å². The molecule has 0 amide bonds. The number of H-pyrrole nitrogens is 1. The number of carbonyl (C=O) groups is 1. The largest absolute Gasteiger partial charge is 0.438 e. The van der Waals surface area contributed by atoms with Crippen LogP contribution < -0.4 is 10.3 Å². The Morgan fingerprint density at radius 2 is 2.21 bits per heavy atom. The van der Waals surface area contributed by atoms with Gasteiger partial charge in [0.2, 0.25) is 11.5 Å². The number of ketones is 1. The molecule has 19 heavy (non-hydrogen) atoms. The van der Waals surface area contributed by atoms with E-state index in [-0.39, 0.29) is 22.1 Å². The van der Waals surface area contributed by atoms with Gasteiger partial charge in [-0.15, -0.1) is 0 Å². The average molecular weight is 285 g/mol. The van der Waals surface area contributed by atoms with Crippen LogP contribution in [0.25, 0.3) is 5.69 Å². The van der Waals surface area contributed by atoms with Crippen LogP contribution in [0.3, 0.4) is 0 Å². The molecule has 0 aliphatic rings. The van der Waals surface area contributed by atoms with Crippen molar-refractivity contribution in [1.29, 1.82) is 0 Å². The van der Waals surface area contributed by atoms with Gasteiger partial charge in [0.05, 0.1) is 11.0 Å². The number of hydrogen-bond donors (Lipinski definition) is 1. The van der Waals surface area contributed by atoms with Gasteiger partial charge in [0, 0.05) is 13.0 Å². The summed E-state index contributed by atoms with van der Waals surface area (Å²) in [4.78, 5) is 32.8. The second-order valence-corrected chi connectivity index (χ2v) is 4.02. The van der Waals surface area contributed by atoms with Crippen LogP contribution in [0, 0.1) is 10.1 Å². The van der Waals surface area contributed by atoms with E-state index in [4.69, 9.17) is 11.6 Å². The van der Waals surface area contributed by atoms with Gasteiger partial charge < -0.3 is 0 Å². The lowest BCUT2D eigenvalue weighted by molar-refractivity contribution is -0.672. The van der Waals surface area contributed by atoms with E-state index in [0.717, 1.165) is 10.7 Å². The van der Waals surface area contributed by atoms with Gasteiger partial charge in [-0.3, -0.25) is 19.4 Å². The number of aromatic nitrogens is 2. The van der Waals surface area contributed by atoms with Crippen LogP contribution in [-0.4, -0.2) is 16.0 Å². The first-order valence-electron chi connectivity index (χ1n) is 5.00. The summed E-state index contributed by atoms with van der Waals surface area (Å²) in [5, 5.41) is 12.9. The maximum atomic E-state index is 11.3. The lowest BCUT2D eigenvalue weighted by atomic mass is 10.2. The lowest BCUT2D eigenvalue weighted by Crippen LogP contribution is -2.40. The topological polar surface area (TPSA) is 110 Å². The van der Waals surface area contributed by atoms with Gasteiger partial charge >= 0.3 is 11.3 Å². The van der Waals surface area contributed by atoms with Crippen molar-refractivity contribution in [3.05, 3.63) is 49.5 Å². The summed E-state index contributed by atoms with van der Waals surface area (Å²) in [6.07, 6.45) is 0. The van der Waals surface area contributed by atoms with Crippen LogP contribution in [0.5, 0.6) is 0 Å². The number of rotatable bonds is 3. The van der Waals surface area contributed by atoms with Crippen molar-refractivity contribution in [3.63, 3.8) is 0 Å². The zero-order chi connectivity index (χ0) is 14.2. The number of nitro benzene ring substituents is 1. The van der Waals surface area contributed by atoms with Crippen molar-refractivity contribution in [2.24, 2.45) is 0 Å². The third-order valence-corrected chi connectivity index (χ3v) is 2.68. The number of carbonyl (C=O) groups excluding carboxylic acids is 1. The summed E-state index contributed by atoms with van der Waals surface area (Å²) in [6, 6.07) is 3.82. The molecular formula is C10H7ClN3O5+. The normalized spacial score (nSPS) is 10.4. The Bertz CT molecular complexity index is 733. The molecule has 1 N–H and O–H groups in total. The van der Waals surface area contributed by atoms with Crippen LogP contribution in [-0.2, 0) is 0 Å². The molecular weight excluding hydrogens is 278 g/mol. The van der Waals surface area contributed by atoms with Gasteiger partial charge in [-0.25, -0.2) is 4.79 Å². The zero-order valence-electron chi connectivity index (χ0n) is 9.55. The van der Waals surface area contributed by atoms with Crippen LogP contribution in [0.2, 0.25) is 5.02 Å². The minimum absolute atomic E-state index is 0.0513. The fraction of sp³-hybridized carbons (Fsp3) is 0.100. The van der Waals surface area contributed by atoms with E-state index in [1.165, 1.54) is 19.1 Å². The summed E-state index contributed by atoms with van der Waals surface area (Å²) < 4.78 is 5.52. The highest BCUT2D eigenvalue weighted by molar-refractivity contribution is 6.32. The fourth-order valence-electron chi connectivity index (χ4n) is 1.54. The number of hydrogen-bond acceptors (Lipinski definition) is 5. The molecule has 1 heterocycles. The minimum Gasteiger partial charge on any atom is -0.287 e. The third kappa shape index (κ3) is 2.25. The molecule has 9 heteroatoms. The molecule has 0 aliphatic carbocycles. The van der Waals surface area contributed by atoms with Gasteiger partial charge in [0.1, 0.15) is 5.02 Å². The SMILES string of the molecule is CC(=O)c1c(=O)o[nH][n+]1-c1ccc(Cl)c([N+](=O)[O-])c1. The number of benzene rings is 1. The van der Waals surface area contributed by atoms with Crippen LogP contribution in [0.4, 0.5) is 5.69 Å². The van der Waals surface area contributed by atoms with E-state index in [9.17, 15) is 19.7 Å². The molecule has 0 saturated carbocycles. The third-order valence-electron chi connectivity index (χ3n) is 2.36. The van der Waals surface area contributed by atoms with Crippen molar-refractivity contribution in [1.82, 2.24) is 5.27 Å². The van der Waals surface area contributed by atoms with Gasteiger partial charge in [-0.05, 0) is 16.0 Å². The van der Waals surface area contributed by atoms with Crippen molar-refractivity contribution in [3.8, 4) is 5.69 Å². The van der Waals surface area contributed by atoms with Gasteiger partial charge in [-0.1, -0.05) is 11.6 Å². The molecule has 0 aliphatic heterocycles. The number of nitrogens with zero attached hydrogens (tertiary/aromatic N) is 2. The van der Waals surface area contributed by atoms with Gasteiger partial charge in [0.25, 0.3) is 5.69 Å².